The first kappa shape index (κ1) is 9.49. The lowest BCUT2D eigenvalue weighted by molar-refractivity contribution is 0.199. The molecule has 0 aliphatic rings. The fraction of sp³-hybridized carbons (Fsp3) is 0.273. The standard InChI is InChI=1S/C11H13NOS/c1-9(13)10-4-5-12(7-10)8-11-3-2-6-14-11/h2-7,9,13H,8H2,1H3. The maximum Gasteiger partial charge on any atom is 0.0776 e. The lowest BCUT2D eigenvalue weighted by Crippen LogP contribution is -1.94. The Bertz CT molecular complexity index is 389. The van der Waals surface area contributed by atoms with E-state index in [1.807, 2.05) is 18.5 Å². The van der Waals surface area contributed by atoms with Crippen molar-refractivity contribution in [2.75, 3.05) is 0 Å². The van der Waals surface area contributed by atoms with Gasteiger partial charge in [0.1, 0.15) is 0 Å². The number of aliphatic hydroxyl groups is 1. The quantitative estimate of drug-likeness (QED) is 0.822. The molecule has 2 nitrogen and oxygen atoms in total. The van der Waals surface area contributed by atoms with Crippen LogP contribution in [-0.2, 0) is 6.54 Å². The fourth-order valence-electron chi connectivity index (χ4n) is 1.39. The maximum absolute atomic E-state index is 9.35. The van der Waals surface area contributed by atoms with Gasteiger partial charge in [0.15, 0.2) is 0 Å². The number of nitrogens with zero attached hydrogens (tertiary/aromatic N) is 1. The lowest BCUT2D eigenvalue weighted by atomic mass is 10.2. The molecule has 0 bridgehead atoms. The number of aromatic nitrogens is 1. The summed E-state index contributed by atoms with van der Waals surface area (Å²) in [5, 5.41) is 11.4. The first-order valence-corrected chi connectivity index (χ1v) is 5.50. The molecule has 74 valence electrons. The number of hydrogen-bond acceptors (Lipinski definition) is 2. The molecule has 0 aliphatic carbocycles. The van der Waals surface area contributed by atoms with Crippen LogP contribution in [0, 0.1) is 0 Å². The van der Waals surface area contributed by atoms with E-state index < -0.39 is 0 Å². The molecule has 2 rings (SSSR count). The summed E-state index contributed by atoms with van der Waals surface area (Å²) in [4.78, 5) is 1.33. The van der Waals surface area contributed by atoms with Crippen molar-refractivity contribution >= 4 is 11.3 Å². The van der Waals surface area contributed by atoms with E-state index in [4.69, 9.17) is 0 Å². The van der Waals surface area contributed by atoms with Crippen molar-refractivity contribution < 1.29 is 5.11 Å². The molecule has 0 saturated heterocycles. The predicted octanol–water partition coefficient (Wildman–Crippen LogP) is 2.65. The summed E-state index contributed by atoms with van der Waals surface area (Å²) in [5.41, 5.74) is 0.974. The van der Waals surface area contributed by atoms with E-state index in [1.54, 1.807) is 18.3 Å². The van der Waals surface area contributed by atoms with Gasteiger partial charge in [-0.3, -0.25) is 0 Å². The van der Waals surface area contributed by atoms with Crippen molar-refractivity contribution in [3.63, 3.8) is 0 Å². The second kappa shape index (κ2) is 3.98. The number of rotatable bonds is 3. The summed E-state index contributed by atoms with van der Waals surface area (Å²) in [7, 11) is 0. The molecule has 1 unspecified atom stereocenters. The molecule has 0 fully saturated rings. The number of aliphatic hydroxyl groups excluding tert-OH is 1. The normalized spacial score (nSPS) is 13.0. The first-order chi connectivity index (χ1) is 6.75. The molecular formula is C11H13NOS. The molecular weight excluding hydrogens is 194 g/mol. The SMILES string of the molecule is CC(O)c1ccn(Cc2cccs2)c1. The molecule has 0 spiro atoms. The van der Waals surface area contributed by atoms with Crippen molar-refractivity contribution in [3.05, 3.63) is 46.4 Å². The zero-order chi connectivity index (χ0) is 9.97. The molecule has 0 aromatic carbocycles. The van der Waals surface area contributed by atoms with Crippen LogP contribution in [-0.4, -0.2) is 9.67 Å². The Balaban J connectivity index is 2.11. The average molecular weight is 207 g/mol. The van der Waals surface area contributed by atoms with Crippen molar-refractivity contribution in [1.82, 2.24) is 4.57 Å². The zero-order valence-electron chi connectivity index (χ0n) is 8.05. The van der Waals surface area contributed by atoms with Gasteiger partial charge < -0.3 is 9.67 Å². The summed E-state index contributed by atoms with van der Waals surface area (Å²) in [6.45, 7) is 2.68. The third kappa shape index (κ3) is 2.05. The van der Waals surface area contributed by atoms with Gasteiger partial charge in [-0.2, -0.15) is 0 Å². The van der Waals surface area contributed by atoms with E-state index >= 15 is 0 Å². The van der Waals surface area contributed by atoms with Crippen LogP contribution in [0.15, 0.2) is 36.0 Å². The Hall–Kier alpha value is -1.06. The minimum absolute atomic E-state index is 0.375. The molecule has 0 saturated carbocycles. The molecule has 1 atom stereocenters. The van der Waals surface area contributed by atoms with Crippen LogP contribution in [0.4, 0.5) is 0 Å². The van der Waals surface area contributed by atoms with E-state index in [9.17, 15) is 5.11 Å². The third-order valence-electron chi connectivity index (χ3n) is 2.17. The monoisotopic (exact) mass is 207 g/mol. The molecule has 2 aromatic heterocycles. The summed E-state index contributed by atoms with van der Waals surface area (Å²) in [5.74, 6) is 0. The fourth-order valence-corrected chi connectivity index (χ4v) is 2.10. The molecule has 0 aliphatic heterocycles. The van der Waals surface area contributed by atoms with Gasteiger partial charge in [-0.15, -0.1) is 11.3 Å². The molecule has 3 heteroatoms. The van der Waals surface area contributed by atoms with Gasteiger partial charge in [0, 0.05) is 17.3 Å². The predicted molar refractivity (Wildman–Crippen MR) is 58.5 cm³/mol. The minimum atomic E-state index is -0.375. The summed E-state index contributed by atoms with van der Waals surface area (Å²) in [6.07, 6.45) is 3.62. The maximum atomic E-state index is 9.35. The third-order valence-corrected chi connectivity index (χ3v) is 3.04. The highest BCUT2D eigenvalue weighted by molar-refractivity contribution is 7.09. The van der Waals surface area contributed by atoms with Gasteiger partial charge in [-0.25, -0.2) is 0 Å². The van der Waals surface area contributed by atoms with Crippen LogP contribution < -0.4 is 0 Å². The molecule has 2 heterocycles. The van der Waals surface area contributed by atoms with E-state index in [1.165, 1.54) is 4.88 Å². The van der Waals surface area contributed by atoms with Crippen molar-refractivity contribution in [1.29, 1.82) is 0 Å². The van der Waals surface area contributed by atoms with Gasteiger partial charge in [0.25, 0.3) is 0 Å². The van der Waals surface area contributed by atoms with Crippen molar-refractivity contribution in [3.8, 4) is 0 Å². The Morgan fingerprint density at radius 2 is 2.36 bits per heavy atom. The Labute approximate surface area is 87.4 Å². The van der Waals surface area contributed by atoms with E-state index in [0.29, 0.717) is 0 Å². The molecule has 14 heavy (non-hydrogen) atoms. The molecule has 1 N–H and O–H groups in total. The largest absolute Gasteiger partial charge is 0.389 e. The van der Waals surface area contributed by atoms with Crippen LogP contribution in [0.5, 0.6) is 0 Å². The van der Waals surface area contributed by atoms with Gasteiger partial charge in [-0.1, -0.05) is 6.07 Å². The van der Waals surface area contributed by atoms with Crippen LogP contribution >= 0.6 is 11.3 Å². The van der Waals surface area contributed by atoms with Crippen LogP contribution in [0.1, 0.15) is 23.5 Å². The summed E-state index contributed by atoms with van der Waals surface area (Å²) < 4.78 is 2.09. The highest BCUT2D eigenvalue weighted by atomic mass is 32.1. The van der Waals surface area contributed by atoms with Crippen LogP contribution in [0.2, 0.25) is 0 Å². The van der Waals surface area contributed by atoms with Crippen LogP contribution in [0.3, 0.4) is 0 Å². The molecule has 0 amide bonds. The van der Waals surface area contributed by atoms with Crippen LogP contribution in [0.25, 0.3) is 0 Å². The molecule has 2 aromatic rings. The van der Waals surface area contributed by atoms with E-state index in [0.717, 1.165) is 12.1 Å². The number of thiophene rings is 1. The van der Waals surface area contributed by atoms with Gasteiger partial charge >= 0.3 is 0 Å². The average Bonchev–Trinajstić information content (AvgIpc) is 2.75. The second-order valence-electron chi connectivity index (χ2n) is 3.37. The Kier molecular flexibility index (Phi) is 2.70. The minimum Gasteiger partial charge on any atom is -0.389 e. The topological polar surface area (TPSA) is 25.2 Å². The zero-order valence-corrected chi connectivity index (χ0v) is 8.87. The van der Waals surface area contributed by atoms with E-state index in [-0.39, 0.29) is 6.10 Å². The van der Waals surface area contributed by atoms with Gasteiger partial charge in [0.05, 0.1) is 12.6 Å². The van der Waals surface area contributed by atoms with Gasteiger partial charge in [0.2, 0.25) is 0 Å². The Morgan fingerprint density at radius 3 is 2.93 bits per heavy atom. The van der Waals surface area contributed by atoms with Gasteiger partial charge in [-0.05, 0) is 30.0 Å². The summed E-state index contributed by atoms with van der Waals surface area (Å²) >= 11 is 1.75. The number of hydrogen-bond donors (Lipinski definition) is 1. The lowest BCUT2D eigenvalue weighted by Gasteiger charge is -2.00. The van der Waals surface area contributed by atoms with Crippen molar-refractivity contribution in [2.24, 2.45) is 0 Å². The highest BCUT2D eigenvalue weighted by Gasteiger charge is 2.02. The first-order valence-electron chi connectivity index (χ1n) is 4.62. The summed E-state index contributed by atoms with van der Waals surface area (Å²) in [6, 6.07) is 6.13. The smallest absolute Gasteiger partial charge is 0.0776 e. The van der Waals surface area contributed by atoms with Crippen molar-refractivity contribution in [2.45, 2.75) is 19.6 Å². The van der Waals surface area contributed by atoms with E-state index in [2.05, 4.69) is 22.1 Å². The highest BCUT2D eigenvalue weighted by Crippen LogP contribution is 2.15. The molecule has 0 radical (unpaired) electrons. The Morgan fingerprint density at radius 1 is 1.50 bits per heavy atom. The second-order valence-corrected chi connectivity index (χ2v) is 4.40.